The quantitative estimate of drug-likeness (QED) is 0.299. The lowest BCUT2D eigenvalue weighted by Gasteiger charge is -2.39. The molecule has 150 valence electrons. The Morgan fingerprint density at radius 2 is 1.96 bits per heavy atom. The molecule has 1 N–H and O–H groups in total. The van der Waals surface area contributed by atoms with Crippen molar-refractivity contribution in [3.05, 3.63) is 18.0 Å². The predicted octanol–water partition coefficient (Wildman–Crippen LogP) is 2.11. The number of halogens is 4. The summed E-state index contributed by atoms with van der Waals surface area (Å²) in [6.07, 6.45) is 1.55. The normalized spacial score (nSPS) is 17.8. The molecular formula is C16H28F3IN6. The maximum atomic E-state index is 12.8. The Morgan fingerprint density at radius 1 is 1.31 bits per heavy atom. The van der Waals surface area contributed by atoms with Crippen LogP contribution in [0.5, 0.6) is 0 Å². The average Bonchev–Trinajstić information content (AvgIpc) is 2.99. The molecule has 1 aromatic heterocycles. The topological polar surface area (TPSA) is 48.7 Å². The number of aromatic nitrogens is 2. The maximum absolute atomic E-state index is 12.8. The van der Waals surface area contributed by atoms with Crippen molar-refractivity contribution in [1.29, 1.82) is 0 Å². The van der Waals surface area contributed by atoms with Crippen LogP contribution in [0, 0.1) is 0 Å². The number of hydrogen-bond donors (Lipinski definition) is 1. The number of rotatable bonds is 5. The molecule has 1 unspecified atom stereocenters. The van der Waals surface area contributed by atoms with Gasteiger partial charge in [-0.3, -0.25) is 14.6 Å². The summed E-state index contributed by atoms with van der Waals surface area (Å²) in [6, 6.07) is -1.40. The van der Waals surface area contributed by atoms with Crippen molar-refractivity contribution in [1.82, 2.24) is 24.9 Å². The van der Waals surface area contributed by atoms with Crippen molar-refractivity contribution < 1.29 is 13.2 Å². The first-order valence-electron chi connectivity index (χ1n) is 8.55. The van der Waals surface area contributed by atoms with Crippen LogP contribution in [-0.4, -0.2) is 77.5 Å². The lowest BCUT2D eigenvalue weighted by Crippen LogP contribution is -2.56. The van der Waals surface area contributed by atoms with E-state index in [9.17, 15) is 13.2 Å². The Morgan fingerprint density at radius 3 is 2.46 bits per heavy atom. The van der Waals surface area contributed by atoms with Gasteiger partial charge in [0.05, 0.1) is 6.20 Å². The van der Waals surface area contributed by atoms with Crippen molar-refractivity contribution >= 4 is 29.9 Å². The molecular weight excluding hydrogens is 460 g/mol. The molecule has 1 aliphatic heterocycles. The molecule has 10 heteroatoms. The van der Waals surface area contributed by atoms with Crippen LogP contribution in [0.4, 0.5) is 13.2 Å². The van der Waals surface area contributed by atoms with Crippen LogP contribution in [0.3, 0.4) is 0 Å². The first kappa shape index (κ1) is 23.0. The van der Waals surface area contributed by atoms with Crippen LogP contribution < -0.4 is 5.32 Å². The zero-order valence-electron chi connectivity index (χ0n) is 15.5. The molecule has 26 heavy (non-hydrogen) atoms. The van der Waals surface area contributed by atoms with Gasteiger partial charge in [0.1, 0.15) is 6.04 Å². The number of nitrogens with one attached hydrogen (secondary N) is 1. The number of piperazine rings is 1. The zero-order chi connectivity index (χ0) is 18.4. The molecule has 1 fully saturated rings. The molecule has 0 bridgehead atoms. The number of nitrogens with zero attached hydrogens (tertiary/aromatic N) is 5. The van der Waals surface area contributed by atoms with Crippen LogP contribution >= 0.6 is 24.0 Å². The third-order valence-corrected chi connectivity index (χ3v) is 4.53. The van der Waals surface area contributed by atoms with Crippen molar-refractivity contribution in [3.63, 3.8) is 0 Å². The lowest BCUT2D eigenvalue weighted by molar-refractivity contribution is -0.181. The first-order chi connectivity index (χ1) is 11.8. The van der Waals surface area contributed by atoms with Crippen LogP contribution in [0.15, 0.2) is 17.4 Å². The molecule has 0 spiro atoms. The van der Waals surface area contributed by atoms with Gasteiger partial charge in [0.25, 0.3) is 0 Å². The van der Waals surface area contributed by atoms with Gasteiger partial charge in [-0.2, -0.15) is 18.3 Å². The minimum Gasteiger partial charge on any atom is -0.356 e. The van der Waals surface area contributed by atoms with Crippen molar-refractivity contribution in [2.24, 2.45) is 12.0 Å². The molecule has 0 aliphatic carbocycles. The van der Waals surface area contributed by atoms with Crippen LogP contribution in [0.2, 0.25) is 0 Å². The maximum Gasteiger partial charge on any atom is 0.403 e. The molecule has 1 aromatic rings. The second-order valence-electron chi connectivity index (χ2n) is 6.34. The number of hydrogen-bond acceptors (Lipinski definition) is 3. The van der Waals surface area contributed by atoms with Gasteiger partial charge in [0.2, 0.25) is 0 Å². The molecule has 2 rings (SSSR count). The fourth-order valence-corrected chi connectivity index (χ4v) is 2.95. The highest BCUT2D eigenvalue weighted by atomic mass is 127. The van der Waals surface area contributed by atoms with Crippen molar-refractivity contribution in [3.8, 4) is 0 Å². The van der Waals surface area contributed by atoms with E-state index in [1.165, 1.54) is 17.4 Å². The molecule has 0 amide bonds. The van der Waals surface area contributed by atoms with Gasteiger partial charge in [-0.1, -0.05) is 0 Å². The summed E-state index contributed by atoms with van der Waals surface area (Å²) >= 11 is 0. The van der Waals surface area contributed by atoms with Gasteiger partial charge < -0.3 is 10.2 Å². The molecule has 0 radical (unpaired) electrons. The minimum absolute atomic E-state index is 0. The Labute approximate surface area is 169 Å². The van der Waals surface area contributed by atoms with E-state index in [2.05, 4.69) is 15.4 Å². The zero-order valence-corrected chi connectivity index (χ0v) is 17.8. The average molecular weight is 488 g/mol. The third-order valence-electron chi connectivity index (χ3n) is 4.53. The molecule has 1 atom stereocenters. The second-order valence-corrected chi connectivity index (χ2v) is 6.34. The summed E-state index contributed by atoms with van der Waals surface area (Å²) in [7, 11) is 3.59. The second kappa shape index (κ2) is 10.3. The largest absolute Gasteiger partial charge is 0.403 e. The fraction of sp³-hybridized carbons (Fsp3) is 0.750. The van der Waals surface area contributed by atoms with Gasteiger partial charge >= 0.3 is 6.18 Å². The molecule has 1 aliphatic rings. The number of alkyl halides is 3. The van der Waals surface area contributed by atoms with Gasteiger partial charge in [0.15, 0.2) is 5.96 Å². The van der Waals surface area contributed by atoms with Crippen molar-refractivity contribution in [2.75, 3.05) is 39.8 Å². The van der Waals surface area contributed by atoms with Crippen LogP contribution in [0.1, 0.15) is 18.9 Å². The summed E-state index contributed by atoms with van der Waals surface area (Å²) in [5.41, 5.74) is 1.19. The monoisotopic (exact) mass is 488 g/mol. The van der Waals surface area contributed by atoms with E-state index in [0.717, 1.165) is 25.3 Å². The van der Waals surface area contributed by atoms with Gasteiger partial charge in [-0.25, -0.2) is 0 Å². The van der Waals surface area contributed by atoms with Crippen LogP contribution in [-0.2, 0) is 13.5 Å². The summed E-state index contributed by atoms with van der Waals surface area (Å²) in [4.78, 5) is 7.75. The number of aryl methyl sites for hydroxylation is 2. The summed E-state index contributed by atoms with van der Waals surface area (Å²) in [5, 5.41) is 7.44. The van der Waals surface area contributed by atoms with E-state index >= 15 is 0 Å². The Kier molecular flexibility index (Phi) is 9.14. The Balaban J connectivity index is 0.00000338. The highest BCUT2D eigenvalue weighted by Crippen LogP contribution is 2.25. The van der Waals surface area contributed by atoms with E-state index in [-0.39, 0.29) is 24.0 Å². The fourth-order valence-electron chi connectivity index (χ4n) is 2.95. The third kappa shape index (κ3) is 6.60. The van der Waals surface area contributed by atoms with E-state index in [1.54, 1.807) is 11.7 Å². The molecule has 2 heterocycles. The first-order valence-corrected chi connectivity index (χ1v) is 8.55. The summed E-state index contributed by atoms with van der Waals surface area (Å²) in [6.45, 7) is 3.85. The van der Waals surface area contributed by atoms with Crippen LogP contribution in [0.25, 0.3) is 0 Å². The predicted molar refractivity (Wildman–Crippen MR) is 107 cm³/mol. The van der Waals surface area contributed by atoms with Gasteiger partial charge in [-0.15, -0.1) is 24.0 Å². The van der Waals surface area contributed by atoms with Crippen molar-refractivity contribution in [2.45, 2.75) is 32.0 Å². The Hall–Kier alpha value is -1.04. The highest BCUT2D eigenvalue weighted by molar-refractivity contribution is 14.0. The van der Waals surface area contributed by atoms with Gasteiger partial charge in [0, 0.05) is 53.0 Å². The van der Waals surface area contributed by atoms with E-state index in [0.29, 0.717) is 26.2 Å². The molecule has 0 aromatic carbocycles. The van der Waals surface area contributed by atoms with E-state index in [4.69, 9.17) is 0 Å². The lowest BCUT2D eigenvalue weighted by atomic mass is 10.2. The minimum atomic E-state index is -4.17. The van der Waals surface area contributed by atoms with E-state index in [1.807, 2.05) is 24.3 Å². The standard InChI is InChI=1S/C16H27F3N6.HI/c1-13(16(17,18)19)24-7-9-25(10-8-24)15(20-2)21-6-4-5-14-11-22-23(3)12-14;/h11-13H,4-10H2,1-3H3,(H,20,21);1H. The summed E-state index contributed by atoms with van der Waals surface area (Å²) < 4.78 is 40.2. The number of guanidine groups is 1. The van der Waals surface area contributed by atoms with Gasteiger partial charge in [-0.05, 0) is 25.3 Å². The highest BCUT2D eigenvalue weighted by Gasteiger charge is 2.41. The Bertz CT molecular complexity index is 567. The SMILES string of the molecule is CN=C(NCCCc1cnn(C)c1)N1CCN(C(C)C(F)(F)F)CC1.I. The summed E-state index contributed by atoms with van der Waals surface area (Å²) in [5.74, 6) is 0.755. The molecule has 0 saturated carbocycles. The molecule has 6 nitrogen and oxygen atoms in total. The number of aliphatic imine (C=N–C) groups is 1. The molecule has 1 saturated heterocycles. The smallest absolute Gasteiger partial charge is 0.356 e. The van der Waals surface area contributed by atoms with E-state index < -0.39 is 12.2 Å².